The molecule has 1 amide bonds. The molecule has 2 aliphatic heterocycles. The van der Waals surface area contributed by atoms with Crippen molar-refractivity contribution in [3.05, 3.63) is 23.8 Å². The van der Waals surface area contributed by atoms with Gasteiger partial charge in [0, 0.05) is 31.7 Å². The second-order valence-electron chi connectivity index (χ2n) is 7.50. The molecule has 26 heavy (non-hydrogen) atoms. The van der Waals surface area contributed by atoms with Crippen LogP contribution in [0.5, 0.6) is 11.5 Å². The van der Waals surface area contributed by atoms with Crippen molar-refractivity contribution in [1.29, 1.82) is 0 Å². The highest BCUT2D eigenvalue weighted by Crippen LogP contribution is 2.36. The maximum Gasteiger partial charge on any atom is 0.253 e. The molecule has 2 heterocycles. The number of aliphatic hydroxyl groups excluding tert-OH is 1. The largest absolute Gasteiger partial charge is 0.493 e. The van der Waals surface area contributed by atoms with Gasteiger partial charge in [0.05, 0.1) is 24.9 Å². The van der Waals surface area contributed by atoms with Crippen LogP contribution in [0.3, 0.4) is 0 Å². The Morgan fingerprint density at radius 3 is 2.65 bits per heavy atom. The monoisotopic (exact) mass is 363 g/mol. The maximum atomic E-state index is 12.9. The van der Waals surface area contributed by atoms with E-state index in [9.17, 15) is 9.90 Å². The van der Waals surface area contributed by atoms with Gasteiger partial charge in [-0.2, -0.15) is 0 Å². The molecular weight excluding hydrogens is 334 g/mol. The summed E-state index contributed by atoms with van der Waals surface area (Å²) in [7, 11) is 1.58. The van der Waals surface area contributed by atoms with Crippen molar-refractivity contribution in [2.24, 2.45) is 0 Å². The number of ether oxygens (including phenoxy) is 3. The van der Waals surface area contributed by atoms with Crippen molar-refractivity contribution in [2.45, 2.75) is 57.3 Å². The third-order valence-corrected chi connectivity index (χ3v) is 5.20. The van der Waals surface area contributed by atoms with E-state index < -0.39 is 0 Å². The lowest BCUT2D eigenvalue weighted by Crippen LogP contribution is -2.51. The summed E-state index contributed by atoms with van der Waals surface area (Å²) in [5.74, 6) is 1.20. The molecule has 0 bridgehead atoms. The smallest absolute Gasteiger partial charge is 0.253 e. The molecule has 144 valence electrons. The molecule has 2 fully saturated rings. The number of methoxy groups -OCH3 is 1. The fourth-order valence-electron chi connectivity index (χ4n) is 3.80. The van der Waals surface area contributed by atoms with E-state index in [2.05, 4.69) is 0 Å². The van der Waals surface area contributed by atoms with Crippen molar-refractivity contribution in [3.8, 4) is 11.5 Å². The lowest BCUT2D eigenvalue weighted by molar-refractivity contribution is -0.139. The van der Waals surface area contributed by atoms with Crippen molar-refractivity contribution in [2.75, 3.05) is 26.8 Å². The third kappa shape index (κ3) is 4.13. The van der Waals surface area contributed by atoms with Gasteiger partial charge in [-0.05, 0) is 51.3 Å². The standard InChI is InChI=1S/C20H29NO5/c1-14(2)26-17-5-4-15(12-18(17)24-3)19(23)21-9-7-20(8-10-21)13-16(22)6-11-25-20/h4-5,12,14,16,22H,6-11,13H2,1-3H3. The van der Waals surface area contributed by atoms with Crippen LogP contribution >= 0.6 is 0 Å². The Morgan fingerprint density at radius 2 is 2.04 bits per heavy atom. The lowest BCUT2D eigenvalue weighted by Gasteiger charge is -2.45. The number of piperidine rings is 1. The maximum absolute atomic E-state index is 12.9. The minimum atomic E-state index is -0.288. The molecule has 0 saturated carbocycles. The van der Waals surface area contributed by atoms with Crippen LogP contribution in [0.15, 0.2) is 18.2 Å². The second kappa shape index (κ2) is 7.84. The molecule has 1 aromatic rings. The van der Waals surface area contributed by atoms with Gasteiger partial charge >= 0.3 is 0 Å². The molecule has 1 aromatic carbocycles. The minimum absolute atomic E-state index is 0.00870. The summed E-state index contributed by atoms with van der Waals surface area (Å²) in [6, 6.07) is 5.32. The molecule has 2 saturated heterocycles. The molecule has 1 unspecified atom stereocenters. The molecule has 1 spiro atoms. The fraction of sp³-hybridized carbons (Fsp3) is 0.650. The van der Waals surface area contributed by atoms with Crippen LogP contribution in [-0.4, -0.2) is 60.5 Å². The molecule has 6 nitrogen and oxygen atoms in total. The highest BCUT2D eigenvalue weighted by atomic mass is 16.5. The summed E-state index contributed by atoms with van der Waals surface area (Å²) < 4.78 is 17.1. The van der Waals surface area contributed by atoms with Gasteiger partial charge in [-0.25, -0.2) is 0 Å². The summed E-state index contributed by atoms with van der Waals surface area (Å²) in [4.78, 5) is 14.7. The average molecular weight is 363 g/mol. The number of hydrogen-bond donors (Lipinski definition) is 1. The van der Waals surface area contributed by atoms with Gasteiger partial charge in [-0.15, -0.1) is 0 Å². The molecule has 0 radical (unpaired) electrons. The van der Waals surface area contributed by atoms with Crippen LogP contribution in [0.2, 0.25) is 0 Å². The van der Waals surface area contributed by atoms with Gasteiger partial charge in [0.2, 0.25) is 0 Å². The Kier molecular flexibility index (Phi) is 5.73. The Labute approximate surface area is 155 Å². The Morgan fingerprint density at radius 1 is 1.31 bits per heavy atom. The molecule has 1 N–H and O–H groups in total. The topological polar surface area (TPSA) is 68.2 Å². The number of benzene rings is 1. The first-order chi connectivity index (χ1) is 12.4. The van der Waals surface area contributed by atoms with Gasteiger partial charge in [0.1, 0.15) is 0 Å². The summed E-state index contributed by atoms with van der Waals surface area (Å²) >= 11 is 0. The summed E-state index contributed by atoms with van der Waals surface area (Å²) in [5, 5.41) is 9.94. The Balaban J connectivity index is 1.66. The van der Waals surface area contributed by atoms with E-state index in [4.69, 9.17) is 14.2 Å². The number of aliphatic hydroxyl groups is 1. The first-order valence-corrected chi connectivity index (χ1v) is 9.38. The quantitative estimate of drug-likeness (QED) is 0.891. The van der Waals surface area contributed by atoms with Gasteiger partial charge in [-0.1, -0.05) is 0 Å². The number of carbonyl (C=O) groups is 1. The highest BCUT2D eigenvalue weighted by Gasteiger charge is 2.40. The first-order valence-electron chi connectivity index (χ1n) is 9.38. The molecule has 1 atom stereocenters. The predicted molar refractivity (Wildman–Crippen MR) is 97.8 cm³/mol. The molecule has 0 aromatic heterocycles. The van der Waals surface area contributed by atoms with Crippen LogP contribution in [0.25, 0.3) is 0 Å². The molecule has 2 aliphatic rings. The van der Waals surface area contributed by atoms with Gasteiger partial charge in [0.25, 0.3) is 5.91 Å². The number of rotatable bonds is 4. The second-order valence-corrected chi connectivity index (χ2v) is 7.50. The zero-order chi connectivity index (χ0) is 18.7. The molecular formula is C20H29NO5. The van der Waals surface area contributed by atoms with Crippen LogP contribution in [-0.2, 0) is 4.74 Å². The lowest BCUT2D eigenvalue weighted by atomic mass is 9.83. The van der Waals surface area contributed by atoms with Crippen LogP contribution < -0.4 is 9.47 Å². The third-order valence-electron chi connectivity index (χ3n) is 5.20. The number of carbonyl (C=O) groups excluding carboxylic acids is 1. The van der Waals surface area contributed by atoms with Crippen LogP contribution in [0.1, 0.15) is 49.9 Å². The number of hydrogen-bond acceptors (Lipinski definition) is 5. The summed E-state index contributed by atoms with van der Waals surface area (Å²) in [6.45, 7) is 5.78. The fourth-order valence-corrected chi connectivity index (χ4v) is 3.80. The highest BCUT2D eigenvalue weighted by molar-refractivity contribution is 5.95. The predicted octanol–water partition coefficient (Wildman–Crippen LogP) is 2.63. The SMILES string of the molecule is COc1cc(C(=O)N2CCC3(CC2)CC(O)CCO3)ccc1OC(C)C. The Hall–Kier alpha value is -1.79. The van der Waals surface area contributed by atoms with Crippen LogP contribution in [0.4, 0.5) is 0 Å². The first kappa shape index (κ1) is 19.0. The Bertz CT molecular complexity index is 637. The van der Waals surface area contributed by atoms with E-state index in [1.807, 2.05) is 18.7 Å². The van der Waals surface area contributed by atoms with E-state index in [0.717, 1.165) is 12.8 Å². The van der Waals surface area contributed by atoms with Crippen LogP contribution in [0, 0.1) is 0 Å². The van der Waals surface area contributed by atoms with Crippen molar-refractivity contribution in [1.82, 2.24) is 4.90 Å². The zero-order valence-electron chi connectivity index (χ0n) is 15.9. The molecule has 3 rings (SSSR count). The van der Waals surface area contributed by atoms with Crippen molar-refractivity contribution >= 4 is 5.91 Å². The normalized spacial score (nSPS) is 22.5. The van der Waals surface area contributed by atoms with Crippen molar-refractivity contribution < 1.29 is 24.1 Å². The number of nitrogens with zero attached hydrogens (tertiary/aromatic N) is 1. The van der Waals surface area contributed by atoms with E-state index >= 15 is 0 Å². The van der Waals surface area contributed by atoms with Crippen molar-refractivity contribution in [3.63, 3.8) is 0 Å². The minimum Gasteiger partial charge on any atom is -0.493 e. The van der Waals surface area contributed by atoms with E-state index in [-0.39, 0.29) is 23.7 Å². The molecule has 6 heteroatoms. The van der Waals surface area contributed by atoms with E-state index in [1.165, 1.54) is 0 Å². The average Bonchev–Trinajstić information content (AvgIpc) is 2.61. The van der Waals surface area contributed by atoms with Gasteiger partial charge in [0.15, 0.2) is 11.5 Å². The zero-order valence-corrected chi connectivity index (χ0v) is 15.9. The summed E-state index contributed by atoms with van der Waals surface area (Å²) in [6.07, 6.45) is 2.65. The van der Waals surface area contributed by atoms with Gasteiger partial charge in [-0.3, -0.25) is 4.79 Å². The summed E-state index contributed by atoms with van der Waals surface area (Å²) in [5.41, 5.74) is 0.333. The molecule has 0 aliphatic carbocycles. The van der Waals surface area contributed by atoms with E-state index in [0.29, 0.717) is 49.6 Å². The van der Waals surface area contributed by atoms with Gasteiger partial charge < -0.3 is 24.2 Å². The number of likely N-dealkylation sites (tertiary alicyclic amines) is 1. The number of amides is 1. The van der Waals surface area contributed by atoms with E-state index in [1.54, 1.807) is 25.3 Å².